The number of hydrogen-bond acceptors (Lipinski definition) is 3. The van der Waals surface area contributed by atoms with E-state index in [1.165, 1.54) is 18.3 Å². The average Bonchev–Trinajstić information content (AvgIpc) is 2.53. The van der Waals surface area contributed by atoms with Gasteiger partial charge in [-0.1, -0.05) is 0 Å². The van der Waals surface area contributed by atoms with Gasteiger partial charge in [0.15, 0.2) is 0 Å². The molecule has 3 nitrogen and oxygen atoms in total. The van der Waals surface area contributed by atoms with E-state index in [1.807, 2.05) is 0 Å². The summed E-state index contributed by atoms with van der Waals surface area (Å²) < 4.78 is 59.9. The SMILES string of the molecule is COC(=O)c1cc(F)c2nccc(-c3c(F)cc(F)cc3F)c2c1. The van der Waals surface area contributed by atoms with Gasteiger partial charge in [-0.05, 0) is 23.8 Å². The van der Waals surface area contributed by atoms with Gasteiger partial charge in [-0.2, -0.15) is 0 Å². The molecule has 1 aromatic heterocycles. The summed E-state index contributed by atoms with van der Waals surface area (Å²) in [6, 6.07) is 4.43. The van der Waals surface area contributed by atoms with E-state index >= 15 is 0 Å². The van der Waals surface area contributed by atoms with Crippen LogP contribution in [0.2, 0.25) is 0 Å². The van der Waals surface area contributed by atoms with Gasteiger partial charge in [0, 0.05) is 23.7 Å². The molecule has 0 fully saturated rings. The van der Waals surface area contributed by atoms with E-state index < -0.39 is 34.8 Å². The fraction of sp³-hybridized carbons (Fsp3) is 0.0588. The van der Waals surface area contributed by atoms with Crippen molar-refractivity contribution in [1.82, 2.24) is 4.98 Å². The number of rotatable bonds is 2. The van der Waals surface area contributed by atoms with Gasteiger partial charge in [-0.3, -0.25) is 4.98 Å². The number of carbonyl (C=O) groups excluding carboxylic acids is 1. The van der Waals surface area contributed by atoms with Gasteiger partial charge in [-0.25, -0.2) is 22.4 Å². The Bertz CT molecular complexity index is 949. The summed E-state index contributed by atoms with van der Waals surface area (Å²) in [7, 11) is 1.12. The third-order valence-electron chi connectivity index (χ3n) is 3.50. The maximum absolute atomic E-state index is 14.2. The molecule has 3 rings (SSSR count). The molecule has 7 heteroatoms. The molecule has 0 amide bonds. The first-order valence-electron chi connectivity index (χ1n) is 6.74. The number of benzene rings is 2. The van der Waals surface area contributed by atoms with Crippen molar-refractivity contribution in [1.29, 1.82) is 0 Å². The van der Waals surface area contributed by atoms with Crippen molar-refractivity contribution in [3.8, 4) is 11.1 Å². The van der Waals surface area contributed by atoms with E-state index in [4.69, 9.17) is 0 Å². The van der Waals surface area contributed by atoms with E-state index in [1.54, 1.807) is 0 Å². The molecule has 122 valence electrons. The second-order valence-corrected chi connectivity index (χ2v) is 4.95. The second kappa shape index (κ2) is 5.92. The van der Waals surface area contributed by atoms with Crippen LogP contribution in [0.1, 0.15) is 10.4 Å². The molecule has 0 N–H and O–H groups in total. The highest BCUT2D eigenvalue weighted by atomic mass is 19.1. The van der Waals surface area contributed by atoms with E-state index in [9.17, 15) is 22.4 Å². The Morgan fingerprint density at radius 1 is 1.00 bits per heavy atom. The highest BCUT2D eigenvalue weighted by Crippen LogP contribution is 2.33. The van der Waals surface area contributed by atoms with Crippen LogP contribution in [0, 0.1) is 23.3 Å². The van der Waals surface area contributed by atoms with Crippen LogP contribution in [-0.2, 0) is 4.74 Å². The molecular weight excluding hydrogens is 326 g/mol. The predicted octanol–water partition coefficient (Wildman–Crippen LogP) is 4.24. The zero-order valence-corrected chi connectivity index (χ0v) is 12.2. The smallest absolute Gasteiger partial charge is 0.337 e. The molecular formula is C17H9F4NO2. The molecule has 0 atom stereocenters. The van der Waals surface area contributed by atoms with Gasteiger partial charge >= 0.3 is 5.97 Å². The standard InChI is InChI=1S/C17H9F4NO2/c1-24-17(23)8-4-11-10(2-3-22-16(11)14(21)5-8)15-12(19)6-9(18)7-13(15)20/h2-7H,1H3. The van der Waals surface area contributed by atoms with E-state index in [0.29, 0.717) is 12.1 Å². The fourth-order valence-electron chi connectivity index (χ4n) is 2.46. The molecule has 0 saturated carbocycles. The first kappa shape index (κ1) is 15.9. The maximum atomic E-state index is 14.2. The van der Waals surface area contributed by atoms with Crippen LogP contribution in [0.5, 0.6) is 0 Å². The largest absolute Gasteiger partial charge is 0.465 e. The van der Waals surface area contributed by atoms with Crippen LogP contribution < -0.4 is 0 Å². The number of carbonyl (C=O) groups is 1. The van der Waals surface area contributed by atoms with Crippen LogP contribution in [0.4, 0.5) is 17.6 Å². The van der Waals surface area contributed by atoms with Gasteiger partial charge in [-0.15, -0.1) is 0 Å². The molecule has 0 aliphatic rings. The molecule has 0 saturated heterocycles. The zero-order chi connectivity index (χ0) is 17.4. The monoisotopic (exact) mass is 335 g/mol. The van der Waals surface area contributed by atoms with Crippen LogP contribution >= 0.6 is 0 Å². The predicted molar refractivity (Wildman–Crippen MR) is 78.4 cm³/mol. The molecule has 0 aliphatic heterocycles. The minimum absolute atomic E-state index is 0.00214. The van der Waals surface area contributed by atoms with Crippen molar-refractivity contribution >= 4 is 16.9 Å². The Morgan fingerprint density at radius 3 is 2.29 bits per heavy atom. The summed E-state index contributed by atoms with van der Waals surface area (Å²) in [5.74, 6) is -5.04. The number of pyridine rings is 1. The molecule has 0 spiro atoms. The molecule has 0 unspecified atom stereocenters. The number of aromatic nitrogens is 1. The number of esters is 1. The van der Waals surface area contributed by atoms with E-state index in [-0.39, 0.29) is 22.0 Å². The number of methoxy groups -OCH3 is 1. The Morgan fingerprint density at radius 2 is 1.67 bits per heavy atom. The Balaban J connectivity index is 2.37. The Kier molecular flexibility index (Phi) is 3.92. The number of fused-ring (bicyclic) bond motifs is 1. The van der Waals surface area contributed by atoms with Gasteiger partial charge in [0.05, 0.1) is 18.2 Å². The second-order valence-electron chi connectivity index (χ2n) is 4.95. The summed E-state index contributed by atoms with van der Waals surface area (Å²) in [6.07, 6.45) is 1.17. The van der Waals surface area contributed by atoms with Crippen molar-refractivity contribution < 1.29 is 27.1 Å². The molecule has 2 aromatic carbocycles. The minimum Gasteiger partial charge on any atom is -0.465 e. The first-order chi connectivity index (χ1) is 11.4. The number of hydrogen-bond donors (Lipinski definition) is 0. The Labute approximate surface area is 133 Å². The summed E-state index contributed by atoms with van der Waals surface area (Å²) in [5, 5.41) is 0.00214. The van der Waals surface area contributed by atoms with Crippen LogP contribution in [0.15, 0.2) is 36.5 Å². The van der Waals surface area contributed by atoms with E-state index in [2.05, 4.69) is 9.72 Å². The maximum Gasteiger partial charge on any atom is 0.337 e. The third kappa shape index (κ3) is 2.58. The molecule has 0 aliphatic carbocycles. The van der Waals surface area contributed by atoms with Crippen LogP contribution in [-0.4, -0.2) is 18.1 Å². The zero-order valence-electron chi connectivity index (χ0n) is 12.2. The normalized spacial score (nSPS) is 10.9. The molecule has 0 bridgehead atoms. The lowest BCUT2D eigenvalue weighted by Crippen LogP contribution is -2.03. The molecule has 3 aromatic rings. The lowest BCUT2D eigenvalue weighted by molar-refractivity contribution is 0.0600. The number of nitrogens with zero attached hydrogens (tertiary/aromatic N) is 1. The average molecular weight is 335 g/mol. The summed E-state index contributed by atoms with van der Waals surface area (Å²) in [4.78, 5) is 15.5. The molecule has 0 radical (unpaired) electrons. The van der Waals surface area contributed by atoms with Crippen LogP contribution in [0.25, 0.3) is 22.0 Å². The van der Waals surface area contributed by atoms with Crippen molar-refractivity contribution in [2.75, 3.05) is 7.11 Å². The summed E-state index contributed by atoms with van der Waals surface area (Å²) in [5.41, 5.74) is -0.909. The van der Waals surface area contributed by atoms with Crippen molar-refractivity contribution in [2.45, 2.75) is 0 Å². The van der Waals surface area contributed by atoms with Crippen molar-refractivity contribution in [3.63, 3.8) is 0 Å². The highest BCUT2D eigenvalue weighted by molar-refractivity contribution is 6.00. The molecule has 1 heterocycles. The van der Waals surface area contributed by atoms with Crippen molar-refractivity contribution in [3.05, 3.63) is 65.4 Å². The van der Waals surface area contributed by atoms with Gasteiger partial charge in [0.1, 0.15) is 28.8 Å². The number of ether oxygens (including phenoxy) is 1. The Hall–Kier alpha value is -2.96. The summed E-state index contributed by atoms with van der Waals surface area (Å²) in [6.45, 7) is 0. The minimum atomic E-state index is -1.15. The topological polar surface area (TPSA) is 39.2 Å². The third-order valence-corrected chi connectivity index (χ3v) is 3.50. The first-order valence-corrected chi connectivity index (χ1v) is 6.74. The van der Waals surface area contributed by atoms with Gasteiger partial charge in [0.25, 0.3) is 0 Å². The lowest BCUT2D eigenvalue weighted by atomic mass is 9.98. The molecule has 24 heavy (non-hydrogen) atoms. The summed E-state index contributed by atoms with van der Waals surface area (Å²) >= 11 is 0. The van der Waals surface area contributed by atoms with Gasteiger partial charge < -0.3 is 4.74 Å². The highest BCUT2D eigenvalue weighted by Gasteiger charge is 2.19. The fourth-order valence-corrected chi connectivity index (χ4v) is 2.46. The lowest BCUT2D eigenvalue weighted by Gasteiger charge is -2.10. The van der Waals surface area contributed by atoms with Crippen LogP contribution in [0.3, 0.4) is 0 Å². The van der Waals surface area contributed by atoms with E-state index in [0.717, 1.165) is 13.2 Å². The number of halogens is 4. The quantitative estimate of drug-likeness (QED) is 0.519. The van der Waals surface area contributed by atoms with Crippen molar-refractivity contribution in [2.24, 2.45) is 0 Å². The van der Waals surface area contributed by atoms with Gasteiger partial charge in [0.2, 0.25) is 0 Å².